The highest BCUT2D eigenvalue weighted by molar-refractivity contribution is 6.00. The summed E-state index contributed by atoms with van der Waals surface area (Å²) in [5, 5.41) is 4.19. The van der Waals surface area contributed by atoms with Gasteiger partial charge in [-0.1, -0.05) is 24.3 Å². The second-order valence-corrected chi connectivity index (χ2v) is 4.65. The van der Waals surface area contributed by atoms with Gasteiger partial charge in [-0.15, -0.1) is 0 Å². The molecule has 0 aliphatic heterocycles. The van der Waals surface area contributed by atoms with Crippen LogP contribution in [-0.2, 0) is 7.05 Å². The molecule has 0 radical (unpaired) electrons. The fourth-order valence-electron chi connectivity index (χ4n) is 2.37. The van der Waals surface area contributed by atoms with Crippen molar-refractivity contribution in [2.45, 2.75) is 0 Å². The van der Waals surface area contributed by atoms with E-state index in [0.29, 0.717) is 11.3 Å². The zero-order valence-electron chi connectivity index (χ0n) is 11.5. The van der Waals surface area contributed by atoms with Crippen molar-refractivity contribution in [2.75, 3.05) is 0 Å². The highest BCUT2D eigenvalue weighted by Crippen LogP contribution is 2.32. The van der Waals surface area contributed by atoms with E-state index in [1.807, 2.05) is 37.4 Å². The van der Waals surface area contributed by atoms with Crippen LogP contribution in [0.3, 0.4) is 0 Å². The average Bonchev–Trinajstić information content (AvgIpc) is 2.93. The minimum absolute atomic E-state index is 0.409. The Hall–Kier alpha value is -2.95. The highest BCUT2D eigenvalue weighted by Gasteiger charge is 2.16. The minimum atomic E-state index is -0.488. The number of nitrogens with two attached hydrogens (primary N) is 1. The molecule has 0 unspecified atom stereocenters. The van der Waals surface area contributed by atoms with Gasteiger partial charge in [0.05, 0.1) is 17.0 Å². The van der Waals surface area contributed by atoms with Crippen molar-refractivity contribution in [1.29, 1.82) is 0 Å². The van der Waals surface area contributed by atoms with Gasteiger partial charge in [0, 0.05) is 30.6 Å². The first-order valence-electron chi connectivity index (χ1n) is 6.51. The molecule has 3 rings (SSSR count). The van der Waals surface area contributed by atoms with Gasteiger partial charge < -0.3 is 5.73 Å². The summed E-state index contributed by atoms with van der Waals surface area (Å²) in [6.07, 6.45) is 3.39. The standard InChI is InChI=1S/C16H14N4O/c1-20-14(8-10-19-20)11-5-2-3-6-12(11)15-13(16(17)21)7-4-9-18-15/h2-10H,1H3,(H2,17,21). The Morgan fingerprint density at radius 2 is 1.81 bits per heavy atom. The van der Waals surface area contributed by atoms with E-state index in [4.69, 9.17) is 5.73 Å². The molecule has 5 heteroatoms. The molecule has 0 bridgehead atoms. The number of carbonyl (C=O) groups excluding carboxylic acids is 1. The predicted octanol–water partition coefficient (Wildman–Crippen LogP) is 2.25. The van der Waals surface area contributed by atoms with Crippen molar-refractivity contribution in [3.8, 4) is 22.5 Å². The van der Waals surface area contributed by atoms with Crippen LogP contribution in [-0.4, -0.2) is 20.7 Å². The monoisotopic (exact) mass is 278 g/mol. The van der Waals surface area contributed by atoms with E-state index >= 15 is 0 Å². The van der Waals surface area contributed by atoms with Crippen molar-refractivity contribution in [1.82, 2.24) is 14.8 Å². The lowest BCUT2D eigenvalue weighted by molar-refractivity contribution is 0.100. The summed E-state index contributed by atoms with van der Waals surface area (Å²) >= 11 is 0. The van der Waals surface area contributed by atoms with Gasteiger partial charge in [-0.25, -0.2) is 0 Å². The van der Waals surface area contributed by atoms with E-state index in [0.717, 1.165) is 16.8 Å². The van der Waals surface area contributed by atoms with Crippen LogP contribution >= 0.6 is 0 Å². The van der Waals surface area contributed by atoms with Crippen LogP contribution in [0.5, 0.6) is 0 Å². The highest BCUT2D eigenvalue weighted by atomic mass is 16.1. The van der Waals surface area contributed by atoms with Crippen molar-refractivity contribution in [2.24, 2.45) is 12.8 Å². The number of aromatic nitrogens is 3. The molecule has 2 heterocycles. The quantitative estimate of drug-likeness (QED) is 0.798. The van der Waals surface area contributed by atoms with Crippen LogP contribution < -0.4 is 5.73 Å². The first-order chi connectivity index (χ1) is 10.2. The molecule has 2 N–H and O–H groups in total. The van der Waals surface area contributed by atoms with Gasteiger partial charge in [-0.05, 0) is 18.2 Å². The number of rotatable bonds is 3. The second kappa shape index (κ2) is 5.20. The van der Waals surface area contributed by atoms with Gasteiger partial charge in [0.25, 0.3) is 5.91 Å². The number of amides is 1. The third kappa shape index (κ3) is 2.29. The topological polar surface area (TPSA) is 73.8 Å². The number of pyridine rings is 1. The molecule has 5 nitrogen and oxygen atoms in total. The summed E-state index contributed by atoms with van der Waals surface area (Å²) in [4.78, 5) is 16.0. The summed E-state index contributed by atoms with van der Waals surface area (Å²) < 4.78 is 1.78. The van der Waals surface area contributed by atoms with Gasteiger partial charge in [0.2, 0.25) is 0 Å². The number of aryl methyl sites for hydroxylation is 1. The minimum Gasteiger partial charge on any atom is -0.366 e. The van der Waals surface area contributed by atoms with Crippen LogP contribution in [0.25, 0.3) is 22.5 Å². The third-order valence-electron chi connectivity index (χ3n) is 3.35. The van der Waals surface area contributed by atoms with Gasteiger partial charge in [-0.3, -0.25) is 14.5 Å². The number of carbonyl (C=O) groups is 1. The molecule has 0 aliphatic rings. The van der Waals surface area contributed by atoms with E-state index < -0.39 is 5.91 Å². The van der Waals surface area contributed by atoms with Crippen LogP contribution in [0.2, 0.25) is 0 Å². The van der Waals surface area contributed by atoms with Crippen molar-refractivity contribution in [3.05, 3.63) is 60.4 Å². The first-order valence-corrected chi connectivity index (χ1v) is 6.51. The molecule has 0 atom stereocenters. The molecule has 0 fully saturated rings. The van der Waals surface area contributed by atoms with Gasteiger partial charge in [-0.2, -0.15) is 5.10 Å². The summed E-state index contributed by atoms with van der Waals surface area (Å²) in [6.45, 7) is 0. The van der Waals surface area contributed by atoms with Crippen LogP contribution in [0, 0.1) is 0 Å². The van der Waals surface area contributed by atoms with Crippen molar-refractivity contribution >= 4 is 5.91 Å². The zero-order valence-corrected chi connectivity index (χ0v) is 11.5. The van der Waals surface area contributed by atoms with Gasteiger partial charge >= 0.3 is 0 Å². The molecule has 2 aromatic heterocycles. The summed E-state index contributed by atoms with van der Waals surface area (Å²) in [5.41, 5.74) is 9.21. The lowest BCUT2D eigenvalue weighted by Crippen LogP contribution is -2.13. The molecular formula is C16H14N4O. The third-order valence-corrected chi connectivity index (χ3v) is 3.35. The molecular weight excluding hydrogens is 264 g/mol. The summed E-state index contributed by atoms with van der Waals surface area (Å²) in [5.74, 6) is -0.488. The largest absolute Gasteiger partial charge is 0.366 e. The van der Waals surface area contributed by atoms with Crippen LogP contribution in [0.1, 0.15) is 10.4 Å². The number of hydrogen-bond donors (Lipinski definition) is 1. The maximum absolute atomic E-state index is 11.6. The zero-order chi connectivity index (χ0) is 14.8. The van der Waals surface area contributed by atoms with Gasteiger partial charge in [0.1, 0.15) is 0 Å². The molecule has 1 amide bonds. The number of nitrogens with zero attached hydrogens (tertiary/aromatic N) is 3. The van der Waals surface area contributed by atoms with Crippen molar-refractivity contribution in [3.63, 3.8) is 0 Å². The average molecular weight is 278 g/mol. The summed E-state index contributed by atoms with van der Waals surface area (Å²) in [6, 6.07) is 13.1. The lowest BCUT2D eigenvalue weighted by Gasteiger charge is -2.11. The number of primary amides is 1. The summed E-state index contributed by atoms with van der Waals surface area (Å²) in [7, 11) is 1.87. The number of benzene rings is 1. The predicted molar refractivity (Wildman–Crippen MR) is 80.4 cm³/mol. The fraction of sp³-hybridized carbons (Fsp3) is 0.0625. The Kier molecular flexibility index (Phi) is 3.23. The van der Waals surface area contributed by atoms with E-state index in [9.17, 15) is 4.79 Å². The maximum atomic E-state index is 11.6. The SMILES string of the molecule is Cn1nccc1-c1ccccc1-c1ncccc1C(N)=O. The number of hydrogen-bond acceptors (Lipinski definition) is 3. The molecule has 0 saturated carbocycles. The second-order valence-electron chi connectivity index (χ2n) is 4.65. The Morgan fingerprint density at radius 3 is 2.48 bits per heavy atom. The Balaban J connectivity index is 2.26. The fourth-order valence-corrected chi connectivity index (χ4v) is 2.37. The molecule has 3 aromatic rings. The Bertz CT molecular complexity index is 807. The molecule has 0 spiro atoms. The molecule has 0 saturated heterocycles. The molecule has 104 valence electrons. The smallest absolute Gasteiger partial charge is 0.250 e. The Labute approximate surface area is 122 Å². The van der Waals surface area contributed by atoms with Crippen LogP contribution in [0.4, 0.5) is 0 Å². The Morgan fingerprint density at radius 1 is 1.05 bits per heavy atom. The molecule has 0 aliphatic carbocycles. The first kappa shape index (κ1) is 13.1. The van der Waals surface area contributed by atoms with E-state index in [2.05, 4.69) is 10.1 Å². The molecule has 1 aromatic carbocycles. The van der Waals surface area contributed by atoms with Crippen LogP contribution in [0.15, 0.2) is 54.9 Å². The van der Waals surface area contributed by atoms with E-state index in [1.165, 1.54) is 0 Å². The maximum Gasteiger partial charge on any atom is 0.250 e. The van der Waals surface area contributed by atoms with E-state index in [-0.39, 0.29) is 0 Å². The molecule has 21 heavy (non-hydrogen) atoms. The van der Waals surface area contributed by atoms with E-state index in [1.54, 1.807) is 29.2 Å². The normalized spacial score (nSPS) is 10.5. The lowest BCUT2D eigenvalue weighted by atomic mass is 9.98. The van der Waals surface area contributed by atoms with Gasteiger partial charge in [0.15, 0.2) is 0 Å². The van der Waals surface area contributed by atoms with Crippen molar-refractivity contribution < 1.29 is 4.79 Å².